The molecule has 0 saturated carbocycles. The average molecular weight is 367 g/mol. The molecule has 2 nitrogen and oxygen atoms in total. The first-order valence-corrected chi connectivity index (χ1v) is 8.64. The number of rotatable bonds is 2. The Hall–Kier alpha value is -3.08. The zero-order chi connectivity index (χ0) is 19.0. The van der Waals surface area contributed by atoms with Gasteiger partial charge in [-0.05, 0) is 41.8 Å². The van der Waals surface area contributed by atoms with Crippen molar-refractivity contribution in [3.63, 3.8) is 0 Å². The van der Waals surface area contributed by atoms with E-state index in [2.05, 4.69) is 0 Å². The van der Waals surface area contributed by atoms with E-state index in [1.54, 1.807) is 18.2 Å². The number of amides is 1. The lowest BCUT2D eigenvalue weighted by atomic mass is 9.87. The van der Waals surface area contributed by atoms with Gasteiger partial charge in [0.2, 0.25) is 0 Å². The molecule has 1 aliphatic heterocycles. The molecule has 27 heavy (non-hydrogen) atoms. The third kappa shape index (κ3) is 3.10. The van der Waals surface area contributed by atoms with E-state index in [1.165, 1.54) is 11.0 Å². The van der Waals surface area contributed by atoms with Crippen molar-refractivity contribution in [1.82, 2.24) is 4.90 Å². The molecule has 3 aromatic rings. The molecule has 4 rings (SSSR count). The lowest BCUT2D eigenvalue weighted by molar-refractivity contribution is 0.0686. The van der Waals surface area contributed by atoms with Gasteiger partial charge in [-0.1, -0.05) is 42.5 Å². The molecule has 1 atom stereocenters. The van der Waals surface area contributed by atoms with Gasteiger partial charge >= 0.3 is 0 Å². The molecule has 0 saturated heterocycles. The Morgan fingerprint density at radius 2 is 1.56 bits per heavy atom. The van der Waals surface area contributed by atoms with E-state index in [0.717, 1.165) is 29.3 Å². The van der Waals surface area contributed by atoms with Crippen LogP contribution >= 0.6 is 0 Å². The summed E-state index contributed by atoms with van der Waals surface area (Å²) in [6, 6.07) is 15.8. The Bertz CT molecular complexity index is 1020. The van der Waals surface area contributed by atoms with E-state index in [-0.39, 0.29) is 12.1 Å². The van der Waals surface area contributed by atoms with Gasteiger partial charge in [-0.2, -0.15) is 0 Å². The Morgan fingerprint density at radius 1 is 0.852 bits per heavy atom. The van der Waals surface area contributed by atoms with Crippen LogP contribution in [-0.2, 0) is 6.42 Å². The molecule has 0 radical (unpaired) electrons. The van der Waals surface area contributed by atoms with Gasteiger partial charge in [0.25, 0.3) is 5.91 Å². The van der Waals surface area contributed by atoms with Crippen LogP contribution in [0.4, 0.5) is 13.2 Å². The Labute approximate surface area is 154 Å². The molecule has 0 bridgehead atoms. The van der Waals surface area contributed by atoms with Crippen LogP contribution in [0.3, 0.4) is 0 Å². The predicted octanol–water partition coefficient (Wildman–Crippen LogP) is 4.89. The third-order valence-corrected chi connectivity index (χ3v) is 4.90. The van der Waals surface area contributed by atoms with Crippen molar-refractivity contribution in [2.45, 2.75) is 12.5 Å². The number of benzene rings is 3. The SMILES string of the molecule is O=C(c1cc(F)ccc1F)N1CCc2ccccc2[C@@H]1c1ccccc1F. The molecule has 0 aromatic heterocycles. The fourth-order valence-electron chi connectivity index (χ4n) is 3.63. The summed E-state index contributed by atoms with van der Waals surface area (Å²) < 4.78 is 42.4. The van der Waals surface area contributed by atoms with Crippen molar-refractivity contribution in [2.75, 3.05) is 6.54 Å². The van der Waals surface area contributed by atoms with E-state index >= 15 is 0 Å². The van der Waals surface area contributed by atoms with Gasteiger partial charge in [-0.15, -0.1) is 0 Å². The Balaban J connectivity index is 1.85. The van der Waals surface area contributed by atoms with Crippen LogP contribution in [0.15, 0.2) is 66.7 Å². The van der Waals surface area contributed by atoms with Gasteiger partial charge in [-0.3, -0.25) is 4.79 Å². The third-order valence-electron chi connectivity index (χ3n) is 4.90. The molecule has 3 aromatic carbocycles. The van der Waals surface area contributed by atoms with Crippen LogP contribution in [0.1, 0.15) is 33.1 Å². The quantitative estimate of drug-likeness (QED) is 0.631. The van der Waals surface area contributed by atoms with Crippen LogP contribution in [0.2, 0.25) is 0 Å². The molecule has 0 N–H and O–H groups in total. The molecule has 0 aliphatic carbocycles. The van der Waals surface area contributed by atoms with E-state index in [4.69, 9.17) is 0 Å². The highest BCUT2D eigenvalue weighted by Crippen LogP contribution is 2.37. The zero-order valence-electron chi connectivity index (χ0n) is 14.3. The summed E-state index contributed by atoms with van der Waals surface area (Å²) in [6.07, 6.45) is 0.559. The van der Waals surface area contributed by atoms with Crippen molar-refractivity contribution in [2.24, 2.45) is 0 Å². The fourth-order valence-corrected chi connectivity index (χ4v) is 3.63. The minimum absolute atomic E-state index is 0.283. The van der Waals surface area contributed by atoms with E-state index in [0.29, 0.717) is 12.0 Å². The molecule has 1 aliphatic rings. The molecule has 0 unspecified atom stereocenters. The summed E-state index contributed by atoms with van der Waals surface area (Å²) in [5.74, 6) is -2.60. The monoisotopic (exact) mass is 367 g/mol. The predicted molar refractivity (Wildman–Crippen MR) is 95.8 cm³/mol. The summed E-state index contributed by atoms with van der Waals surface area (Å²) in [5.41, 5.74) is 1.78. The van der Waals surface area contributed by atoms with Gasteiger partial charge in [-0.25, -0.2) is 13.2 Å². The van der Waals surface area contributed by atoms with Gasteiger partial charge in [0.15, 0.2) is 0 Å². The van der Waals surface area contributed by atoms with Gasteiger partial charge in [0.1, 0.15) is 17.5 Å². The van der Waals surface area contributed by atoms with Crippen LogP contribution in [0.25, 0.3) is 0 Å². The molecular weight excluding hydrogens is 351 g/mol. The average Bonchev–Trinajstić information content (AvgIpc) is 2.69. The maximum absolute atomic E-state index is 14.6. The number of hydrogen-bond acceptors (Lipinski definition) is 1. The van der Waals surface area contributed by atoms with Crippen molar-refractivity contribution in [3.8, 4) is 0 Å². The second-order valence-electron chi connectivity index (χ2n) is 6.50. The number of carbonyl (C=O) groups is 1. The van der Waals surface area contributed by atoms with Gasteiger partial charge in [0.05, 0.1) is 11.6 Å². The summed E-state index contributed by atoms with van der Waals surface area (Å²) in [5, 5.41) is 0. The highest BCUT2D eigenvalue weighted by Gasteiger charge is 2.34. The van der Waals surface area contributed by atoms with Crippen LogP contribution in [-0.4, -0.2) is 17.4 Å². The summed E-state index contributed by atoms with van der Waals surface area (Å²) >= 11 is 0. The zero-order valence-corrected chi connectivity index (χ0v) is 14.3. The topological polar surface area (TPSA) is 20.3 Å². The molecule has 136 valence electrons. The molecule has 5 heteroatoms. The van der Waals surface area contributed by atoms with Gasteiger partial charge in [0, 0.05) is 12.1 Å². The normalized spacial score (nSPS) is 16.1. The first kappa shape index (κ1) is 17.3. The standard InChI is InChI=1S/C22H16F3NO/c23-15-9-10-20(25)18(13-15)22(27)26-12-11-14-5-1-2-6-16(14)21(26)17-7-3-4-8-19(17)24/h1-10,13,21H,11-12H2/t21-/m1/s1. The largest absolute Gasteiger partial charge is 0.327 e. The molecule has 1 heterocycles. The number of halogens is 3. The van der Waals surface area contributed by atoms with E-state index in [1.807, 2.05) is 24.3 Å². The van der Waals surface area contributed by atoms with Crippen LogP contribution < -0.4 is 0 Å². The maximum Gasteiger partial charge on any atom is 0.257 e. The van der Waals surface area contributed by atoms with Crippen molar-refractivity contribution in [3.05, 3.63) is 106 Å². The van der Waals surface area contributed by atoms with E-state index < -0.39 is 29.4 Å². The van der Waals surface area contributed by atoms with Crippen molar-refractivity contribution < 1.29 is 18.0 Å². The van der Waals surface area contributed by atoms with Crippen molar-refractivity contribution in [1.29, 1.82) is 0 Å². The summed E-state index contributed by atoms with van der Waals surface area (Å²) in [4.78, 5) is 14.5. The first-order chi connectivity index (χ1) is 13.1. The molecule has 1 amide bonds. The number of nitrogens with zero attached hydrogens (tertiary/aromatic N) is 1. The summed E-state index contributed by atoms with van der Waals surface area (Å²) in [7, 11) is 0. The molecule has 0 spiro atoms. The first-order valence-electron chi connectivity index (χ1n) is 8.64. The van der Waals surface area contributed by atoms with Crippen molar-refractivity contribution >= 4 is 5.91 Å². The molecule has 0 fully saturated rings. The van der Waals surface area contributed by atoms with Crippen LogP contribution in [0.5, 0.6) is 0 Å². The van der Waals surface area contributed by atoms with Gasteiger partial charge < -0.3 is 4.90 Å². The lowest BCUT2D eigenvalue weighted by Gasteiger charge is -2.38. The number of hydrogen-bond donors (Lipinski definition) is 0. The van der Waals surface area contributed by atoms with E-state index in [9.17, 15) is 18.0 Å². The maximum atomic E-state index is 14.6. The Morgan fingerprint density at radius 3 is 2.33 bits per heavy atom. The minimum atomic E-state index is -0.799. The number of carbonyl (C=O) groups excluding carboxylic acids is 1. The second-order valence-corrected chi connectivity index (χ2v) is 6.50. The highest BCUT2D eigenvalue weighted by atomic mass is 19.1. The minimum Gasteiger partial charge on any atom is -0.327 e. The van der Waals surface area contributed by atoms with Crippen LogP contribution in [0, 0.1) is 17.5 Å². The smallest absolute Gasteiger partial charge is 0.257 e. The highest BCUT2D eigenvalue weighted by molar-refractivity contribution is 5.95. The molecular formula is C22H16F3NO. The fraction of sp³-hybridized carbons (Fsp3) is 0.136. The second kappa shape index (κ2) is 6.91. The lowest BCUT2D eigenvalue weighted by Crippen LogP contribution is -2.41. The summed E-state index contributed by atoms with van der Waals surface area (Å²) in [6.45, 7) is 0.283. The Kier molecular flexibility index (Phi) is 4.44. The number of fused-ring (bicyclic) bond motifs is 1.